The lowest BCUT2D eigenvalue weighted by Gasteiger charge is -2.07. The molecule has 0 saturated heterocycles. The minimum Gasteiger partial charge on any atom is -0.493 e. The molecule has 2 aromatic rings. The van der Waals surface area contributed by atoms with E-state index in [-0.39, 0.29) is 24.6 Å². The zero-order valence-corrected chi connectivity index (χ0v) is 12.2. The van der Waals surface area contributed by atoms with Crippen LogP contribution in [0.4, 0.5) is 11.4 Å². The van der Waals surface area contributed by atoms with Gasteiger partial charge in [0.05, 0.1) is 18.0 Å². The summed E-state index contributed by atoms with van der Waals surface area (Å²) in [7, 11) is 0. The number of carbonyl (C=O) groups excluding carboxylic acids is 1. The normalized spacial score (nSPS) is 10.0. The highest BCUT2D eigenvalue weighted by atomic mass is 35.5. The number of carbonyl (C=O) groups is 1. The Morgan fingerprint density at radius 2 is 1.77 bits per heavy atom. The van der Waals surface area contributed by atoms with E-state index in [9.17, 15) is 14.9 Å². The van der Waals surface area contributed by atoms with Crippen LogP contribution in [-0.4, -0.2) is 17.4 Å². The van der Waals surface area contributed by atoms with Crippen LogP contribution in [0.15, 0.2) is 48.5 Å². The molecule has 22 heavy (non-hydrogen) atoms. The molecule has 0 aromatic heterocycles. The quantitative estimate of drug-likeness (QED) is 0.650. The van der Waals surface area contributed by atoms with E-state index in [1.54, 1.807) is 24.3 Å². The van der Waals surface area contributed by atoms with E-state index >= 15 is 0 Å². The molecule has 0 fully saturated rings. The smallest absolute Gasteiger partial charge is 0.269 e. The van der Waals surface area contributed by atoms with Crippen LogP contribution in [0.25, 0.3) is 0 Å². The third kappa shape index (κ3) is 4.75. The third-order valence-electron chi connectivity index (χ3n) is 2.77. The summed E-state index contributed by atoms with van der Waals surface area (Å²) in [5.74, 6) is 0.286. The van der Waals surface area contributed by atoms with Crippen LogP contribution in [-0.2, 0) is 4.79 Å². The maximum absolute atomic E-state index is 11.7. The first-order valence-electron chi connectivity index (χ1n) is 6.47. The van der Waals surface area contributed by atoms with Gasteiger partial charge in [-0.05, 0) is 36.4 Å². The van der Waals surface area contributed by atoms with Crippen molar-refractivity contribution in [2.45, 2.75) is 6.42 Å². The third-order valence-corrected chi connectivity index (χ3v) is 3.03. The fourth-order valence-corrected chi connectivity index (χ4v) is 1.81. The summed E-state index contributed by atoms with van der Waals surface area (Å²) < 4.78 is 5.36. The van der Waals surface area contributed by atoms with Gasteiger partial charge in [-0.2, -0.15) is 0 Å². The number of amides is 1. The Balaban J connectivity index is 1.77. The van der Waals surface area contributed by atoms with E-state index in [1.165, 1.54) is 24.3 Å². The van der Waals surface area contributed by atoms with E-state index in [2.05, 4.69) is 5.32 Å². The number of nitro benzene ring substituents is 1. The zero-order chi connectivity index (χ0) is 15.9. The van der Waals surface area contributed by atoms with Crippen molar-refractivity contribution in [2.75, 3.05) is 11.9 Å². The molecular formula is C15H13ClN2O4. The summed E-state index contributed by atoms with van der Waals surface area (Å²) in [5, 5.41) is 13.8. The molecule has 0 saturated carbocycles. The molecule has 114 valence electrons. The largest absolute Gasteiger partial charge is 0.493 e. The van der Waals surface area contributed by atoms with Crippen LogP contribution in [0.3, 0.4) is 0 Å². The molecule has 1 N–H and O–H groups in total. The van der Waals surface area contributed by atoms with Gasteiger partial charge in [0.2, 0.25) is 5.91 Å². The van der Waals surface area contributed by atoms with Gasteiger partial charge in [-0.3, -0.25) is 14.9 Å². The van der Waals surface area contributed by atoms with Crippen LogP contribution in [0.2, 0.25) is 5.02 Å². The summed E-state index contributed by atoms with van der Waals surface area (Å²) in [4.78, 5) is 21.7. The number of rotatable bonds is 6. The molecule has 1 amide bonds. The van der Waals surface area contributed by atoms with Crippen molar-refractivity contribution < 1.29 is 14.5 Å². The van der Waals surface area contributed by atoms with Crippen LogP contribution in [0.5, 0.6) is 5.75 Å². The number of nitrogens with zero attached hydrogens (tertiary/aromatic N) is 1. The van der Waals surface area contributed by atoms with Gasteiger partial charge in [-0.15, -0.1) is 0 Å². The lowest BCUT2D eigenvalue weighted by atomic mass is 10.3. The second-order valence-electron chi connectivity index (χ2n) is 4.40. The van der Waals surface area contributed by atoms with Gasteiger partial charge in [0.25, 0.3) is 5.69 Å². The average molecular weight is 321 g/mol. The SMILES string of the molecule is O=C(CCOc1ccc([N+](=O)[O-])cc1)Nc1ccc(Cl)cc1. The van der Waals surface area contributed by atoms with Crippen molar-refractivity contribution in [3.8, 4) is 5.75 Å². The highest BCUT2D eigenvalue weighted by Crippen LogP contribution is 2.17. The summed E-state index contributed by atoms with van der Waals surface area (Å²) in [6.45, 7) is 0.178. The Morgan fingerprint density at radius 3 is 2.36 bits per heavy atom. The first-order valence-corrected chi connectivity index (χ1v) is 6.85. The molecule has 0 radical (unpaired) electrons. The van der Waals surface area contributed by atoms with Crippen molar-refractivity contribution in [1.82, 2.24) is 0 Å². The Bertz CT molecular complexity index is 656. The number of anilines is 1. The Kier molecular flexibility index (Phi) is 5.32. The zero-order valence-electron chi connectivity index (χ0n) is 11.5. The number of halogens is 1. The molecule has 0 unspecified atom stereocenters. The molecule has 0 spiro atoms. The minimum absolute atomic E-state index is 0.00664. The van der Waals surface area contributed by atoms with E-state index in [4.69, 9.17) is 16.3 Å². The van der Waals surface area contributed by atoms with Crippen molar-refractivity contribution in [2.24, 2.45) is 0 Å². The Morgan fingerprint density at radius 1 is 1.14 bits per heavy atom. The highest BCUT2D eigenvalue weighted by Gasteiger charge is 2.06. The molecule has 0 aliphatic heterocycles. The lowest BCUT2D eigenvalue weighted by Crippen LogP contribution is -2.15. The van der Waals surface area contributed by atoms with Gasteiger partial charge < -0.3 is 10.1 Å². The summed E-state index contributed by atoms with van der Waals surface area (Å²) in [5.41, 5.74) is 0.651. The maximum Gasteiger partial charge on any atom is 0.269 e. The van der Waals surface area contributed by atoms with Gasteiger partial charge in [-0.25, -0.2) is 0 Å². The topological polar surface area (TPSA) is 81.5 Å². The summed E-state index contributed by atoms with van der Waals surface area (Å²) in [6, 6.07) is 12.5. The molecule has 7 heteroatoms. The number of ether oxygens (including phenoxy) is 1. The van der Waals surface area contributed by atoms with Crippen molar-refractivity contribution >= 4 is 28.9 Å². The number of nitrogens with one attached hydrogen (secondary N) is 1. The molecule has 2 rings (SSSR count). The maximum atomic E-state index is 11.7. The first kappa shape index (κ1) is 15.8. The predicted molar refractivity (Wildman–Crippen MR) is 83.3 cm³/mol. The highest BCUT2D eigenvalue weighted by molar-refractivity contribution is 6.30. The van der Waals surface area contributed by atoms with Crippen LogP contribution in [0.1, 0.15) is 6.42 Å². The number of non-ortho nitro benzene ring substituents is 1. The number of hydrogen-bond donors (Lipinski definition) is 1. The second-order valence-corrected chi connectivity index (χ2v) is 4.84. The van der Waals surface area contributed by atoms with Crippen LogP contribution in [0, 0.1) is 10.1 Å². The fraction of sp³-hybridized carbons (Fsp3) is 0.133. The Labute approximate surface area is 131 Å². The van der Waals surface area contributed by atoms with E-state index in [0.717, 1.165) is 0 Å². The molecular weight excluding hydrogens is 308 g/mol. The molecule has 2 aromatic carbocycles. The van der Waals surface area contributed by atoms with Crippen molar-refractivity contribution in [1.29, 1.82) is 0 Å². The lowest BCUT2D eigenvalue weighted by molar-refractivity contribution is -0.384. The van der Waals surface area contributed by atoms with Crippen molar-refractivity contribution in [3.05, 3.63) is 63.7 Å². The predicted octanol–water partition coefficient (Wildman–Crippen LogP) is 3.66. The number of hydrogen-bond acceptors (Lipinski definition) is 4. The minimum atomic E-state index is -0.483. The number of nitro groups is 1. The molecule has 0 aliphatic carbocycles. The van der Waals surface area contributed by atoms with Gasteiger partial charge in [0, 0.05) is 22.8 Å². The average Bonchev–Trinajstić information content (AvgIpc) is 2.50. The van der Waals surface area contributed by atoms with Crippen LogP contribution < -0.4 is 10.1 Å². The van der Waals surface area contributed by atoms with Gasteiger partial charge in [0.15, 0.2) is 0 Å². The monoisotopic (exact) mass is 320 g/mol. The molecule has 6 nitrogen and oxygen atoms in total. The summed E-state index contributed by atoms with van der Waals surface area (Å²) >= 11 is 5.76. The van der Waals surface area contributed by atoms with Gasteiger partial charge >= 0.3 is 0 Å². The molecule has 0 aliphatic rings. The fourth-order valence-electron chi connectivity index (χ4n) is 1.68. The van der Waals surface area contributed by atoms with E-state index in [0.29, 0.717) is 16.5 Å². The molecule has 0 bridgehead atoms. The number of benzene rings is 2. The van der Waals surface area contributed by atoms with Crippen molar-refractivity contribution in [3.63, 3.8) is 0 Å². The van der Waals surface area contributed by atoms with Crippen LogP contribution >= 0.6 is 11.6 Å². The summed E-state index contributed by atoms with van der Waals surface area (Å²) in [6.07, 6.45) is 0.166. The Hall–Kier alpha value is -2.60. The standard InChI is InChI=1S/C15H13ClN2O4/c16-11-1-3-12(4-2-11)17-15(19)9-10-22-14-7-5-13(6-8-14)18(20)21/h1-8H,9-10H2,(H,17,19). The molecule has 0 heterocycles. The van der Waals surface area contributed by atoms with E-state index in [1.807, 2.05) is 0 Å². The van der Waals surface area contributed by atoms with E-state index < -0.39 is 4.92 Å². The van der Waals surface area contributed by atoms with Gasteiger partial charge in [-0.1, -0.05) is 11.6 Å². The first-order chi connectivity index (χ1) is 10.5. The van der Waals surface area contributed by atoms with Gasteiger partial charge in [0.1, 0.15) is 5.75 Å². The second kappa shape index (κ2) is 7.42. The molecule has 0 atom stereocenters.